The topological polar surface area (TPSA) is 33.4 Å². The van der Waals surface area contributed by atoms with Crippen molar-refractivity contribution in [2.45, 2.75) is 19.3 Å². The highest BCUT2D eigenvalue weighted by atomic mass is 15.3. The Balaban J connectivity index is 1.70. The number of aromatic nitrogens is 3. The van der Waals surface area contributed by atoms with E-state index < -0.39 is 0 Å². The van der Waals surface area contributed by atoms with E-state index in [9.17, 15) is 0 Å². The standard InChI is InChI=1S/C23H22N4/c1-4-10-18(11-5-1)20-16-21(19-12-6-2-7-13-19)27-22(24-20)17-23(25-27)26-14-8-3-9-15-26/h1-2,4-7,10-13,16-17H,3,8-9,14-15H2. The fraction of sp³-hybridized carbons (Fsp3) is 0.217. The van der Waals surface area contributed by atoms with E-state index in [-0.39, 0.29) is 0 Å². The van der Waals surface area contributed by atoms with Gasteiger partial charge in [-0.3, -0.25) is 0 Å². The van der Waals surface area contributed by atoms with Crippen LogP contribution in [0.15, 0.2) is 72.8 Å². The van der Waals surface area contributed by atoms with Crippen molar-refractivity contribution >= 4 is 11.5 Å². The lowest BCUT2D eigenvalue weighted by Gasteiger charge is -2.26. The number of fused-ring (bicyclic) bond motifs is 1. The Labute approximate surface area is 159 Å². The molecule has 4 aromatic rings. The van der Waals surface area contributed by atoms with Crippen LogP contribution >= 0.6 is 0 Å². The normalized spacial score (nSPS) is 14.6. The zero-order valence-corrected chi connectivity index (χ0v) is 15.3. The summed E-state index contributed by atoms with van der Waals surface area (Å²) < 4.78 is 1.99. The van der Waals surface area contributed by atoms with Gasteiger partial charge in [-0.05, 0) is 25.3 Å². The number of hydrogen-bond donors (Lipinski definition) is 0. The molecule has 134 valence electrons. The van der Waals surface area contributed by atoms with Crippen molar-refractivity contribution in [3.05, 3.63) is 72.8 Å². The summed E-state index contributed by atoms with van der Waals surface area (Å²) in [5.41, 5.74) is 5.22. The first-order valence-electron chi connectivity index (χ1n) is 9.65. The Morgan fingerprint density at radius 3 is 2.07 bits per heavy atom. The molecule has 0 atom stereocenters. The van der Waals surface area contributed by atoms with E-state index in [2.05, 4.69) is 65.6 Å². The van der Waals surface area contributed by atoms with E-state index in [1.54, 1.807) is 0 Å². The quantitative estimate of drug-likeness (QED) is 0.516. The van der Waals surface area contributed by atoms with Gasteiger partial charge in [0.05, 0.1) is 11.4 Å². The fourth-order valence-corrected chi connectivity index (χ4v) is 3.81. The molecule has 1 aliphatic heterocycles. The van der Waals surface area contributed by atoms with Crippen molar-refractivity contribution in [1.29, 1.82) is 0 Å². The molecule has 2 aromatic heterocycles. The predicted molar refractivity (Wildman–Crippen MR) is 110 cm³/mol. The van der Waals surface area contributed by atoms with Crippen molar-refractivity contribution in [1.82, 2.24) is 14.6 Å². The van der Waals surface area contributed by atoms with Crippen molar-refractivity contribution in [3.8, 4) is 22.5 Å². The Morgan fingerprint density at radius 1 is 0.704 bits per heavy atom. The van der Waals surface area contributed by atoms with Gasteiger partial charge in [-0.1, -0.05) is 60.7 Å². The Morgan fingerprint density at radius 2 is 1.37 bits per heavy atom. The van der Waals surface area contributed by atoms with Crippen LogP contribution in [0.5, 0.6) is 0 Å². The van der Waals surface area contributed by atoms with Crippen LogP contribution in [-0.2, 0) is 0 Å². The van der Waals surface area contributed by atoms with E-state index in [0.29, 0.717) is 0 Å². The average Bonchev–Trinajstić information content (AvgIpc) is 3.19. The Bertz CT molecular complexity index is 1050. The number of piperidine rings is 1. The van der Waals surface area contributed by atoms with Gasteiger partial charge in [0.1, 0.15) is 0 Å². The SMILES string of the molecule is c1ccc(-c2cc(-c3ccccc3)n3nc(N4CCCCC4)cc3n2)cc1. The number of hydrogen-bond acceptors (Lipinski definition) is 3. The lowest BCUT2D eigenvalue weighted by atomic mass is 10.1. The van der Waals surface area contributed by atoms with Crippen molar-refractivity contribution < 1.29 is 0 Å². The fourth-order valence-electron chi connectivity index (χ4n) is 3.81. The first-order chi connectivity index (χ1) is 13.4. The molecule has 3 heterocycles. The first-order valence-corrected chi connectivity index (χ1v) is 9.65. The second-order valence-corrected chi connectivity index (χ2v) is 7.08. The van der Waals surface area contributed by atoms with E-state index in [4.69, 9.17) is 10.1 Å². The highest BCUT2D eigenvalue weighted by Gasteiger charge is 2.17. The molecule has 2 aromatic carbocycles. The van der Waals surface area contributed by atoms with Gasteiger partial charge in [-0.25, -0.2) is 9.50 Å². The van der Waals surface area contributed by atoms with Crippen molar-refractivity contribution in [2.75, 3.05) is 18.0 Å². The lowest BCUT2D eigenvalue weighted by Crippen LogP contribution is -2.29. The molecule has 0 unspecified atom stereocenters. The maximum absolute atomic E-state index is 4.93. The summed E-state index contributed by atoms with van der Waals surface area (Å²) in [6, 6.07) is 25.1. The van der Waals surface area contributed by atoms with E-state index in [1.807, 2.05) is 16.6 Å². The molecular formula is C23H22N4. The summed E-state index contributed by atoms with van der Waals surface area (Å²) >= 11 is 0. The first kappa shape index (κ1) is 16.1. The summed E-state index contributed by atoms with van der Waals surface area (Å²) in [4.78, 5) is 7.30. The maximum atomic E-state index is 4.93. The van der Waals surface area contributed by atoms with Gasteiger partial charge < -0.3 is 4.90 Å². The zero-order valence-electron chi connectivity index (χ0n) is 15.3. The minimum atomic E-state index is 0.899. The average molecular weight is 354 g/mol. The second kappa shape index (κ2) is 6.88. The van der Waals surface area contributed by atoms with Crippen LogP contribution in [0, 0.1) is 0 Å². The van der Waals surface area contributed by atoms with Gasteiger partial charge in [0, 0.05) is 30.3 Å². The van der Waals surface area contributed by atoms with Crippen LogP contribution in [-0.4, -0.2) is 27.7 Å². The lowest BCUT2D eigenvalue weighted by molar-refractivity contribution is 0.572. The summed E-state index contributed by atoms with van der Waals surface area (Å²) in [6.45, 7) is 2.16. The molecule has 5 rings (SSSR count). The number of rotatable bonds is 3. The Kier molecular flexibility index (Phi) is 4.09. The van der Waals surface area contributed by atoms with Crippen molar-refractivity contribution in [3.63, 3.8) is 0 Å². The number of benzene rings is 2. The van der Waals surface area contributed by atoms with Gasteiger partial charge in [-0.2, -0.15) is 0 Å². The zero-order chi connectivity index (χ0) is 18.1. The molecule has 27 heavy (non-hydrogen) atoms. The number of anilines is 1. The molecule has 1 aliphatic rings. The highest BCUT2D eigenvalue weighted by molar-refractivity contribution is 5.72. The van der Waals surface area contributed by atoms with Crippen LogP contribution < -0.4 is 4.90 Å². The molecule has 1 fully saturated rings. The van der Waals surface area contributed by atoms with Crippen LogP contribution in [0.1, 0.15) is 19.3 Å². The molecule has 0 amide bonds. The van der Waals surface area contributed by atoms with Gasteiger partial charge in [0.25, 0.3) is 0 Å². The summed E-state index contributed by atoms with van der Waals surface area (Å²) in [5, 5.41) is 4.93. The van der Waals surface area contributed by atoms with E-state index >= 15 is 0 Å². The molecule has 4 heteroatoms. The minimum Gasteiger partial charge on any atom is -0.355 e. The van der Waals surface area contributed by atoms with E-state index in [1.165, 1.54) is 19.3 Å². The van der Waals surface area contributed by atoms with Crippen LogP contribution in [0.2, 0.25) is 0 Å². The second-order valence-electron chi connectivity index (χ2n) is 7.08. The van der Waals surface area contributed by atoms with E-state index in [0.717, 1.165) is 47.1 Å². The van der Waals surface area contributed by atoms with Gasteiger partial charge in [0.2, 0.25) is 0 Å². The summed E-state index contributed by atoms with van der Waals surface area (Å²) in [7, 11) is 0. The van der Waals surface area contributed by atoms with Crippen molar-refractivity contribution in [2.24, 2.45) is 0 Å². The molecule has 0 aliphatic carbocycles. The number of nitrogens with zero attached hydrogens (tertiary/aromatic N) is 4. The highest BCUT2D eigenvalue weighted by Crippen LogP contribution is 2.28. The molecule has 0 saturated carbocycles. The Hall–Kier alpha value is -3.14. The molecule has 1 saturated heterocycles. The summed E-state index contributed by atoms with van der Waals surface area (Å²) in [5.74, 6) is 1.03. The van der Waals surface area contributed by atoms with Gasteiger partial charge in [-0.15, -0.1) is 5.10 Å². The molecule has 0 bridgehead atoms. The third-order valence-corrected chi connectivity index (χ3v) is 5.23. The maximum Gasteiger partial charge on any atom is 0.158 e. The largest absolute Gasteiger partial charge is 0.355 e. The predicted octanol–water partition coefficient (Wildman–Crippen LogP) is 5.05. The molecule has 0 N–H and O–H groups in total. The van der Waals surface area contributed by atoms with Crippen LogP contribution in [0.3, 0.4) is 0 Å². The minimum absolute atomic E-state index is 0.899. The van der Waals surface area contributed by atoms with Gasteiger partial charge in [0.15, 0.2) is 11.5 Å². The smallest absolute Gasteiger partial charge is 0.158 e. The third kappa shape index (κ3) is 3.08. The molecular weight excluding hydrogens is 332 g/mol. The molecule has 4 nitrogen and oxygen atoms in total. The third-order valence-electron chi connectivity index (χ3n) is 5.23. The molecule has 0 radical (unpaired) electrons. The molecule has 0 spiro atoms. The summed E-state index contributed by atoms with van der Waals surface area (Å²) in [6.07, 6.45) is 3.79. The van der Waals surface area contributed by atoms with Crippen LogP contribution in [0.25, 0.3) is 28.2 Å². The monoisotopic (exact) mass is 354 g/mol. The van der Waals surface area contributed by atoms with Crippen LogP contribution in [0.4, 0.5) is 5.82 Å². The van der Waals surface area contributed by atoms with Gasteiger partial charge >= 0.3 is 0 Å².